The van der Waals surface area contributed by atoms with E-state index in [1.807, 2.05) is 20.8 Å². The number of amides is 1. The van der Waals surface area contributed by atoms with E-state index in [0.29, 0.717) is 29.6 Å². The van der Waals surface area contributed by atoms with Crippen LogP contribution in [0.1, 0.15) is 50.1 Å². The molecule has 0 aliphatic carbocycles. The second kappa shape index (κ2) is 6.10. The highest BCUT2D eigenvalue weighted by molar-refractivity contribution is 6.31. The fraction of sp³-hybridized carbons (Fsp3) is 0.600. The standard InChI is InChI=1S/C15H21ClN2O3/c1-9(2)18-8-11(16)7-12(18)14(19)17-5-4-10(3)6-13(17)15(20)21/h7-10,13H,4-6H2,1-3H3,(H,20,21). The fourth-order valence-corrected chi connectivity index (χ4v) is 3.02. The van der Waals surface area contributed by atoms with Crippen molar-refractivity contribution in [2.45, 2.75) is 45.7 Å². The third-order valence-electron chi connectivity index (χ3n) is 4.00. The summed E-state index contributed by atoms with van der Waals surface area (Å²) in [5.74, 6) is -0.880. The zero-order valence-corrected chi connectivity index (χ0v) is 13.3. The molecule has 1 aliphatic rings. The molecule has 116 valence electrons. The molecule has 5 nitrogen and oxygen atoms in total. The molecule has 0 radical (unpaired) electrons. The summed E-state index contributed by atoms with van der Waals surface area (Å²) in [5.41, 5.74) is 0.454. The lowest BCUT2D eigenvalue weighted by Gasteiger charge is -2.36. The quantitative estimate of drug-likeness (QED) is 0.933. The Hall–Kier alpha value is -1.49. The summed E-state index contributed by atoms with van der Waals surface area (Å²) in [6.07, 6.45) is 3.03. The minimum Gasteiger partial charge on any atom is -0.480 e. The number of hydrogen-bond donors (Lipinski definition) is 1. The van der Waals surface area contributed by atoms with Crippen LogP contribution in [0.25, 0.3) is 0 Å². The molecule has 21 heavy (non-hydrogen) atoms. The van der Waals surface area contributed by atoms with Gasteiger partial charge in [-0.3, -0.25) is 4.79 Å². The average Bonchev–Trinajstić information content (AvgIpc) is 2.80. The predicted octanol–water partition coefficient (Wildman–Crippen LogP) is 3.05. The molecule has 2 heterocycles. The van der Waals surface area contributed by atoms with Crippen LogP contribution in [-0.2, 0) is 4.79 Å². The highest BCUT2D eigenvalue weighted by Crippen LogP contribution is 2.27. The van der Waals surface area contributed by atoms with Crippen LogP contribution in [0.2, 0.25) is 5.02 Å². The number of carbonyl (C=O) groups is 2. The molecule has 1 amide bonds. The van der Waals surface area contributed by atoms with Crippen LogP contribution in [-0.4, -0.2) is 39.0 Å². The Bertz CT molecular complexity index is 553. The van der Waals surface area contributed by atoms with E-state index in [9.17, 15) is 14.7 Å². The van der Waals surface area contributed by atoms with Crippen LogP contribution < -0.4 is 0 Å². The van der Waals surface area contributed by atoms with Crippen molar-refractivity contribution in [3.05, 3.63) is 23.0 Å². The maximum Gasteiger partial charge on any atom is 0.326 e. The molecule has 0 saturated carbocycles. The van der Waals surface area contributed by atoms with Crippen LogP contribution in [0.5, 0.6) is 0 Å². The lowest BCUT2D eigenvalue weighted by Crippen LogP contribution is -2.50. The number of rotatable bonds is 3. The number of piperidine rings is 1. The molecule has 0 aromatic carbocycles. The second-order valence-corrected chi connectivity index (χ2v) is 6.46. The van der Waals surface area contributed by atoms with Crippen molar-refractivity contribution in [1.82, 2.24) is 9.47 Å². The Kier molecular flexibility index (Phi) is 4.61. The van der Waals surface area contributed by atoms with Gasteiger partial charge in [-0.05, 0) is 38.7 Å². The molecule has 1 saturated heterocycles. The van der Waals surface area contributed by atoms with Crippen LogP contribution in [0, 0.1) is 5.92 Å². The lowest BCUT2D eigenvalue weighted by atomic mass is 9.92. The first kappa shape index (κ1) is 15.9. The molecule has 0 spiro atoms. The van der Waals surface area contributed by atoms with Gasteiger partial charge in [-0.25, -0.2) is 4.79 Å². The first-order chi connectivity index (χ1) is 9.81. The number of aromatic nitrogens is 1. The summed E-state index contributed by atoms with van der Waals surface area (Å²) in [6.45, 7) is 6.41. The number of aliphatic carboxylic acids is 1. The molecule has 6 heteroatoms. The van der Waals surface area contributed by atoms with Crippen molar-refractivity contribution < 1.29 is 14.7 Å². The second-order valence-electron chi connectivity index (χ2n) is 6.03. The number of likely N-dealkylation sites (tertiary alicyclic amines) is 1. The summed E-state index contributed by atoms with van der Waals surface area (Å²) in [4.78, 5) is 25.7. The Balaban J connectivity index is 2.32. The van der Waals surface area contributed by atoms with Crippen LogP contribution in [0.4, 0.5) is 0 Å². The van der Waals surface area contributed by atoms with Gasteiger partial charge in [-0.2, -0.15) is 0 Å². The number of carboxylic acid groups (broad SMARTS) is 1. The number of hydrogen-bond acceptors (Lipinski definition) is 2. The van der Waals surface area contributed by atoms with E-state index < -0.39 is 12.0 Å². The zero-order chi connectivity index (χ0) is 15.7. The highest BCUT2D eigenvalue weighted by atomic mass is 35.5. The maximum atomic E-state index is 12.7. The molecular formula is C15H21ClN2O3. The van der Waals surface area contributed by atoms with Crippen molar-refractivity contribution in [3.63, 3.8) is 0 Å². The summed E-state index contributed by atoms with van der Waals surface area (Å²) >= 11 is 6.01. The molecule has 1 fully saturated rings. The van der Waals surface area contributed by atoms with Gasteiger partial charge in [0.2, 0.25) is 0 Å². The van der Waals surface area contributed by atoms with E-state index in [1.54, 1.807) is 16.8 Å². The summed E-state index contributed by atoms with van der Waals surface area (Å²) in [7, 11) is 0. The van der Waals surface area contributed by atoms with Crippen molar-refractivity contribution >= 4 is 23.5 Å². The first-order valence-electron chi connectivity index (χ1n) is 7.22. The fourth-order valence-electron chi connectivity index (χ4n) is 2.81. The summed E-state index contributed by atoms with van der Waals surface area (Å²) in [6, 6.07) is 0.944. The van der Waals surface area contributed by atoms with Gasteiger partial charge in [0, 0.05) is 18.8 Å². The van der Waals surface area contributed by atoms with E-state index in [1.165, 1.54) is 4.90 Å². The van der Waals surface area contributed by atoms with E-state index in [-0.39, 0.29) is 11.9 Å². The maximum absolute atomic E-state index is 12.7. The van der Waals surface area contributed by atoms with Gasteiger partial charge in [0.1, 0.15) is 11.7 Å². The normalized spacial score (nSPS) is 22.6. The lowest BCUT2D eigenvalue weighted by molar-refractivity contribution is -0.144. The number of halogens is 1. The molecule has 2 atom stereocenters. The van der Waals surface area contributed by atoms with E-state index in [4.69, 9.17) is 11.6 Å². The Morgan fingerprint density at radius 1 is 1.43 bits per heavy atom. The smallest absolute Gasteiger partial charge is 0.326 e. The first-order valence-corrected chi connectivity index (χ1v) is 7.60. The molecule has 1 N–H and O–H groups in total. The topological polar surface area (TPSA) is 62.5 Å². The summed E-state index contributed by atoms with van der Waals surface area (Å²) < 4.78 is 1.79. The van der Waals surface area contributed by atoms with E-state index >= 15 is 0 Å². The van der Waals surface area contributed by atoms with Gasteiger partial charge in [-0.1, -0.05) is 18.5 Å². The highest BCUT2D eigenvalue weighted by Gasteiger charge is 2.36. The number of carbonyl (C=O) groups excluding carboxylic acids is 1. The molecule has 1 aromatic rings. The van der Waals surface area contributed by atoms with E-state index in [2.05, 4.69) is 0 Å². The minimum absolute atomic E-state index is 0.0865. The third-order valence-corrected chi connectivity index (χ3v) is 4.21. The van der Waals surface area contributed by atoms with Gasteiger partial charge in [0.25, 0.3) is 5.91 Å². The number of nitrogens with zero attached hydrogens (tertiary/aromatic N) is 2. The van der Waals surface area contributed by atoms with Crippen molar-refractivity contribution in [2.24, 2.45) is 5.92 Å². The van der Waals surface area contributed by atoms with Gasteiger partial charge in [0.15, 0.2) is 0 Å². The molecule has 0 bridgehead atoms. The van der Waals surface area contributed by atoms with Crippen molar-refractivity contribution in [3.8, 4) is 0 Å². The average molecular weight is 313 g/mol. The third kappa shape index (κ3) is 3.23. The molecule has 1 aliphatic heterocycles. The molecule has 2 unspecified atom stereocenters. The largest absolute Gasteiger partial charge is 0.480 e. The van der Waals surface area contributed by atoms with Crippen LogP contribution in [0.3, 0.4) is 0 Å². The molecule has 2 rings (SSSR count). The predicted molar refractivity (Wildman–Crippen MR) is 80.7 cm³/mol. The monoisotopic (exact) mass is 312 g/mol. The Labute approximate surface area is 129 Å². The van der Waals surface area contributed by atoms with Gasteiger partial charge < -0.3 is 14.6 Å². The van der Waals surface area contributed by atoms with E-state index in [0.717, 1.165) is 6.42 Å². The van der Waals surface area contributed by atoms with Crippen LogP contribution in [0.15, 0.2) is 12.3 Å². The summed E-state index contributed by atoms with van der Waals surface area (Å²) in [5, 5.41) is 9.87. The van der Waals surface area contributed by atoms with Gasteiger partial charge >= 0.3 is 5.97 Å². The van der Waals surface area contributed by atoms with Gasteiger partial charge in [0.05, 0.1) is 5.02 Å². The van der Waals surface area contributed by atoms with Crippen molar-refractivity contribution in [2.75, 3.05) is 6.54 Å². The van der Waals surface area contributed by atoms with Gasteiger partial charge in [-0.15, -0.1) is 0 Å². The Morgan fingerprint density at radius 3 is 2.67 bits per heavy atom. The van der Waals surface area contributed by atoms with Crippen molar-refractivity contribution in [1.29, 1.82) is 0 Å². The number of carboxylic acids is 1. The zero-order valence-electron chi connectivity index (χ0n) is 12.5. The van der Waals surface area contributed by atoms with Crippen LogP contribution >= 0.6 is 11.6 Å². The molecule has 1 aromatic heterocycles. The minimum atomic E-state index is -0.941. The Morgan fingerprint density at radius 2 is 2.10 bits per heavy atom. The molecular weight excluding hydrogens is 292 g/mol. The SMILES string of the molecule is CC1CCN(C(=O)c2cc(Cl)cn2C(C)C)C(C(=O)O)C1.